The molecule has 1 fully saturated rings. The maximum atomic E-state index is 12.3. The predicted molar refractivity (Wildman–Crippen MR) is 65.5 cm³/mol. The summed E-state index contributed by atoms with van der Waals surface area (Å²) in [7, 11) is 0. The second-order valence-corrected chi connectivity index (χ2v) is 5.67. The van der Waals surface area contributed by atoms with Crippen molar-refractivity contribution in [3.8, 4) is 0 Å². The number of allylic oxidation sites excluding steroid dienone is 2. The van der Waals surface area contributed by atoms with E-state index in [1.807, 2.05) is 26.0 Å². The van der Waals surface area contributed by atoms with Crippen LogP contribution in [0.5, 0.6) is 0 Å². The Balaban J connectivity index is 2.26. The van der Waals surface area contributed by atoms with Crippen LogP contribution in [0.25, 0.3) is 0 Å². The van der Waals surface area contributed by atoms with E-state index < -0.39 is 12.0 Å². The lowest BCUT2D eigenvalue weighted by Gasteiger charge is -2.28. The standard InChI is InChI=1S/C14H19NO4/c1-8(2)7-11(14(18)19)15-12(16)9-5-3-4-6-10(9)13(15)17/h3-4,8-11H,5-7H2,1-2H3,(H,18,19)/p-1. The molecule has 0 aromatic heterocycles. The van der Waals surface area contributed by atoms with Crippen molar-refractivity contribution in [2.45, 2.75) is 39.2 Å². The molecule has 2 amide bonds. The van der Waals surface area contributed by atoms with Crippen molar-refractivity contribution in [1.82, 2.24) is 4.90 Å². The second kappa shape index (κ2) is 5.15. The Labute approximate surface area is 112 Å². The number of likely N-dealkylation sites (tertiary alicyclic amines) is 1. The fourth-order valence-corrected chi connectivity index (χ4v) is 2.89. The van der Waals surface area contributed by atoms with E-state index in [4.69, 9.17) is 0 Å². The molecule has 1 saturated heterocycles. The molecule has 5 nitrogen and oxygen atoms in total. The Morgan fingerprint density at radius 3 is 2.11 bits per heavy atom. The average Bonchev–Trinajstić information content (AvgIpc) is 2.60. The van der Waals surface area contributed by atoms with Crippen LogP contribution >= 0.6 is 0 Å². The summed E-state index contributed by atoms with van der Waals surface area (Å²) in [4.78, 5) is 36.7. The van der Waals surface area contributed by atoms with Crippen LogP contribution in [0, 0.1) is 17.8 Å². The zero-order chi connectivity index (χ0) is 14.2. The van der Waals surface area contributed by atoms with Gasteiger partial charge in [-0.3, -0.25) is 14.5 Å². The molecule has 0 saturated carbocycles. The number of nitrogens with zero attached hydrogens (tertiary/aromatic N) is 1. The van der Waals surface area contributed by atoms with Gasteiger partial charge in [-0.2, -0.15) is 0 Å². The third-order valence-corrected chi connectivity index (χ3v) is 3.82. The lowest BCUT2D eigenvalue weighted by Crippen LogP contribution is -2.51. The van der Waals surface area contributed by atoms with Gasteiger partial charge in [0.2, 0.25) is 11.8 Å². The van der Waals surface area contributed by atoms with Crippen molar-refractivity contribution in [2.24, 2.45) is 17.8 Å². The van der Waals surface area contributed by atoms with Crippen molar-refractivity contribution in [3.63, 3.8) is 0 Å². The summed E-state index contributed by atoms with van der Waals surface area (Å²) < 4.78 is 0. The first-order valence-corrected chi connectivity index (χ1v) is 6.66. The van der Waals surface area contributed by atoms with Crippen molar-refractivity contribution < 1.29 is 19.5 Å². The third-order valence-electron chi connectivity index (χ3n) is 3.82. The summed E-state index contributed by atoms with van der Waals surface area (Å²) in [5.41, 5.74) is 0. The molecule has 0 N–H and O–H groups in total. The highest BCUT2D eigenvalue weighted by Gasteiger charge is 2.49. The highest BCUT2D eigenvalue weighted by Crippen LogP contribution is 2.36. The van der Waals surface area contributed by atoms with Crippen molar-refractivity contribution in [3.05, 3.63) is 12.2 Å². The van der Waals surface area contributed by atoms with Crippen molar-refractivity contribution in [1.29, 1.82) is 0 Å². The molecular formula is C14H18NO4-. The number of aliphatic carboxylic acids is 1. The number of rotatable bonds is 4. The van der Waals surface area contributed by atoms with Gasteiger partial charge in [0.15, 0.2) is 0 Å². The van der Waals surface area contributed by atoms with E-state index in [-0.39, 0.29) is 36.0 Å². The molecule has 0 radical (unpaired) electrons. The lowest BCUT2D eigenvalue weighted by atomic mass is 9.85. The molecule has 0 bridgehead atoms. The maximum Gasteiger partial charge on any atom is 0.234 e. The van der Waals surface area contributed by atoms with Crippen LogP contribution in [0.4, 0.5) is 0 Å². The van der Waals surface area contributed by atoms with Crippen molar-refractivity contribution >= 4 is 17.8 Å². The number of fused-ring (bicyclic) bond motifs is 1. The Morgan fingerprint density at radius 1 is 1.26 bits per heavy atom. The summed E-state index contributed by atoms with van der Waals surface area (Å²) in [5.74, 6) is -2.74. The molecule has 19 heavy (non-hydrogen) atoms. The molecule has 2 rings (SSSR count). The van der Waals surface area contributed by atoms with Crippen LogP contribution in [0.2, 0.25) is 0 Å². The highest BCUT2D eigenvalue weighted by atomic mass is 16.4. The SMILES string of the molecule is CC(C)CC(C(=O)[O-])N1C(=O)C2CC=CCC2C1=O. The molecule has 1 heterocycles. The van der Waals surface area contributed by atoms with E-state index in [1.165, 1.54) is 0 Å². The molecule has 5 heteroatoms. The van der Waals surface area contributed by atoms with Gasteiger partial charge in [0.25, 0.3) is 0 Å². The van der Waals surface area contributed by atoms with Gasteiger partial charge in [-0.05, 0) is 25.2 Å². The monoisotopic (exact) mass is 264 g/mol. The van der Waals surface area contributed by atoms with Gasteiger partial charge in [0, 0.05) is 0 Å². The van der Waals surface area contributed by atoms with E-state index in [0.717, 1.165) is 4.90 Å². The molecule has 1 aliphatic heterocycles. The minimum absolute atomic E-state index is 0.0734. The van der Waals surface area contributed by atoms with Gasteiger partial charge in [-0.1, -0.05) is 26.0 Å². The molecule has 2 aliphatic rings. The second-order valence-electron chi connectivity index (χ2n) is 5.67. The van der Waals surface area contributed by atoms with E-state index >= 15 is 0 Å². The number of carboxylic acid groups (broad SMARTS) is 1. The molecule has 3 unspecified atom stereocenters. The summed E-state index contributed by atoms with van der Waals surface area (Å²) in [5, 5.41) is 11.2. The topological polar surface area (TPSA) is 77.5 Å². The predicted octanol–water partition coefficient (Wildman–Crippen LogP) is 0.102. The summed E-state index contributed by atoms with van der Waals surface area (Å²) in [6.45, 7) is 3.71. The normalized spacial score (nSPS) is 27.8. The molecule has 1 aliphatic carbocycles. The Morgan fingerprint density at radius 2 is 1.74 bits per heavy atom. The number of amides is 2. The summed E-state index contributed by atoms with van der Waals surface area (Å²) in [6, 6.07) is -1.13. The van der Waals surface area contributed by atoms with Crippen LogP contribution in [0.15, 0.2) is 12.2 Å². The molecule has 3 atom stereocenters. The first kappa shape index (κ1) is 13.8. The fourth-order valence-electron chi connectivity index (χ4n) is 2.89. The lowest BCUT2D eigenvalue weighted by molar-refractivity contribution is -0.311. The van der Waals surface area contributed by atoms with E-state index in [1.54, 1.807) is 0 Å². The van der Waals surface area contributed by atoms with Gasteiger partial charge in [0.1, 0.15) is 0 Å². The molecule has 0 spiro atoms. The summed E-state index contributed by atoms with van der Waals surface area (Å²) in [6.07, 6.45) is 5.05. The first-order chi connectivity index (χ1) is 8.93. The van der Waals surface area contributed by atoms with Gasteiger partial charge < -0.3 is 9.90 Å². The van der Waals surface area contributed by atoms with E-state index in [9.17, 15) is 19.5 Å². The smallest absolute Gasteiger partial charge is 0.234 e. The van der Waals surface area contributed by atoms with E-state index in [0.29, 0.717) is 12.8 Å². The van der Waals surface area contributed by atoms with E-state index in [2.05, 4.69) is 0 Å². The largest absolute Gasteiger partial charge is 0.548 e. The van der Waals surface area contributed by atoms with Gasteiger partial charge >= 0.3 is 0 Å². The number of hydrogen-bond donors (Lipinski definition) is 0. The van der Waals surface area contributed by atoms with Crippen LogP contribution in [0.3, 0.4) is 0 Å². The number of hydrogen-bond acceptors (Lipinski definition) is 4. The fraction of sp³-hybridized carbons (Fsp3) is 0.643. The maximum absolute atomic E-state index is 12.3. The van der Waals surface area contributed by atoms with Crippen LogP contribution in [-0.4, -0.2) is 28.7 Å². The molecule has 0 aromatic carbocycles. The Hall–Kier alpha value is -1.65. The molecule has 104 valence electrons. The quantitative estimate of drug-likeness (QED) is 0.533. The Bertz CT molecular complexity index is 415. The zero-order valence-electron chi connectivity index (χ0n) is 11.2. The first-order valence-electron chi connectivity index (χ1n) is 6.66. The number of carbonyl (C=O) groups excluding carboxylic acids is 3. The molecular weight excluding hydrogens is 246 g/mol. The zero-order valence-corrected chi connectivity index (χ0v) is 11.2. The number of imide groups is 1. The third kappa shape index (κ3) is 2.41. The minimum atomic E-state index is -1.35. The Kier molecular flexibility index (Phi) is 3.73. The highest BCUT2D eigenvalue weighted by molar-refractivity contribution is 6.07. The number of carboxylic acids is 1. The minimum Gasteiger partial charge on any atom is -0.548 e. The van der Waals surface area contributed by atoms with Gasteiger partial charge in [-0.15, -0.1) is 0 Å². The van der Waals surface area contributed by atoms with Crippen molar-refractivity contribution in [2.75, 3.05) is 0 Å². The molecule has 0 aromatic rings. The van der Waals surface area contributed by atoms with Gasteiger partial charge in [-0.25, -0.2) is 0 Å². The van der Waals surface area contributed by atoms with Crippen LogP contribution in [0.1, 0.15) is 33.1 Å². The van der Waals surface area contributed by atoms with Gasteiger partial charge in [0.05, 0.1) is 23.8 Å². The van der Waals surface area contributed by atoms with Crippen LogP contribution in [-0.2, 0) is 14.4 Å². The number of carbonyl (C=O) groups is 3. The van der Waals surface area contributed by atoms with Crippen LogP contribution < -0.4 is 5.11 Å². The average molecular weight is 264 g/mol. The summed E-state index contributed by atoms with van der Waals surface area (Å²) >= 11 is 0.